The number of nitrogens with one attached hydrogen (secondary N) is 2. The number of carbonyl (C=O) groups excluding carboxylic acids is 1. The van der Waals surface area contributed by atoms with Crippen LogP contribution in [0.3, 0.4) is 0 Å². The van der Waals surface area contributed by atoms with Gasteiger partial charge in [0.15, 0.2) is 0 Å². The number of anilines is 2. The largest absolute Gasteiger partial charge is 0.489 e. The summed E-state index contributed by atoms with van der Waals surface area (Å²) in [6.07, 6.45) is 0.698. The van der Waals surface area contributed by atoms with Gasteiger partial charge >= 0.3 is 0 Å². The number of hydrogen-bond acceptors (Lipinski definition) is 6. The molecule has 0 bridgehead atoms. The first kappa shape index (κ1) is 27.4. The van der Waals surface area contributed by atoms with Gasteiger partial charge < -0.3 is 30.1 Å². The highest BCUT2D eigenvalue weighted by Crippen LogP contribution is 2.32. The first-order valence-electron chi connectivity index (χ1n) is 13.1. The van der Waals surface area contributed by atoms with Crippen LogP contribution < -0.4 is 20.3 Å². The molecule has 0 aliphatic carbocycles. The summed E-state index contributed by atoms with van der Waals surface area (Å²) in [5.74, 6) is 0.0700. The number of ether oxygens (including phenoxy) is 2. The Morgan fingerprint density at radius 1 is 1.13 bits per heavy atom. The summed E-state index contributed by atoms with van der Waals surface area (Å²) < 4.78 is 24.8. The van der Waals surface area contributed by atoms with Crippen LogP contribution in [0.15, 0.2) is 72.8 Å². The number of fused-ring (bicyclic) bond motifs is 1. The molecule has 7 nitrogen and oxygen atoms in total. The van der Waals surface area contributed by atoms with Gasteiger partial charge in [0.05, 0.1) is 24.9 Å². The van der Waals surface area contributed by atoms with E-state index in [0.717, 1.165) is 48.6 Å². The predicted molar refractivity (Wildman–Crippen MR) is 147 cm³/mol. The van der Waals surface area contributed by atoms with Crippen molar-refractivity contribution < 1.29 is 23.8 Å². The van der Waals surface area contributed by atoms with Crippen molar-refractivity contribution in [3.05, 3.63) is 89.7 Å². The van der Waals surface area contributed by atoms with Crippen molar-refractivity contribution in [2.24, 2.45) is 0 Å². The molecule has 8 heteroatoms. The third-order valence-corrected chi connectivity index (χ3v) is 6.55. The van der Waals surface area contributed by atoms with Crippen molar-refractivity contribution in [1.29, 1.82) is 0 Å². The molecule has 0 spiro atoms. The molecule has 0 fully saturated rings. The molecule has 202 valence electrons. The Labute approximate surface area is 223 Å². The van der Waals surface area contributed by atoms with Crippen LogP contribution in [0.25, 0.3) is 0 Å². The number of hydrogen-bond donors (Lipinski definition) is 3. The quantitative estimate of drug-likeness (QED) is 0.291. The van der Waals surface area contributed by atoms with Crippen molar-refractivity contribution in [3.8, 4) is 5.75 Å². The second kappa shape index (κ2) is 13.8. The molecule has 3 aromatic rings. The van der Waals surface area contributed by atoms with E-state index >= 15 is 0 Å². The van der Waals surface area contributed by atoms with Crippen LogP contribution in [0.2, 0.25) is 0 Å². The van der Waals surface area contributed by atoms with Gasteiger partial charge in [0.1, 0.15) is 24.3 Å². The highest BCUT2D eigenvalue weighted by atomic mass is 19.1. The Kier molecular flexibility index (Phi) is 9.95. The van der Waals surface area contributed by atoms with E-state index in [1.54, 1.807) is 6.07 Å². The Morgan fingerprint density at radius 3 is 2.66 bits per heavy atom. The van der Waals surface area contributed by atoms with Crippen LogP contribution in [0.5, 0.6) is 5.75 Å². The van der Waals surface area contributed by atoms with Crippen LogP contribution in [0.1, 0.15) is 30.5 Å². The number of rotatable bonds is 13. The van der Waals surface area contributed by atoms with Crippen LogP contribution >= 0.6 is 0 Å². The standard InChI is InChI=1S/C30H36FN3O4/c1-2-37-29(30(36)33-26(21-35)23-7-4-3-5-8-23)19-22-9-12-25(13-10-22)32-15-6-16-34-17-18-38-28-20-24(31)11-14-27(28)34/h3-5,7-14,20,26,29,32,35H,2,6,15-19,21H2,1H3,(H,33,36)/t26-,29+/m0/s1. The fraction of sp³-hybridized carbons (Fsp3) is 0.367. The molecule has 0 aromatic heterocycles. The van der Waals surface area contributed by atoms with Gasteiger partial charge in [-0.1, -0.05) is 42.5 Å². The maximum Gasteiger partial charge on any atom is 0.250 e. The maximum absolute atomic E-state index is 13.5. The van der Waals surface area contributed by atoms with Crippen LogP contribution in [-0.4, -0.2) is 56.6 Å². The van der Waals surface area contributed by atoms with Crippen LogP contribution in [-0.2, 0) is 16.0 Å². The molecule has 0 unspecified atom stereocenters. The van der Waals surface area contributed by atoms with Gasteiger partial charge in [-0.25, -0.2) is 4.39 Å². The fourth-order valence-electron chi connectivity index (χ4n) is 4.57. The first-order chi connectivity index (χ1) is 18.6. The molecule has 2 atom stereocenters. The SMILES string of the molecule is CCO[C@H](Cc1ccc(NCCCN2CCOc3cc(F)ccc32)cc1)C(=O)N[C@@H](CO)c1ccccc1. The molecule has 1 aliphatic rings. The Morgan fingerprint density at radius 2 is 1.92 bits per heavy atom. The van der Waals surface area contributed by atoms with E-state index in [1.165, 1.54) is 12.1 Å². The maximum atomic E-state index is 13.5. The van der Waals surface area contributed by atoms with E-state index < -0.39 is 12.1 Å². The Balaban J connectivity index is 1.25. The van der Waals surface area contributed by atoms with E-state index in [-0.39, 0.29) is 18.3 Å². The lowest BCUT2D eigenvalue weighted by Crippen LogP contribution is -2.41. The Bertz CT molecular complexity index is 1160. The average molecular weight is 522 g/mol. The van der Waals surface area contributed by atoms with E-state index in [9.17, 15) is 14.3 Å². The Hall–Kier alpha value is -3.62. The number of amides is 1. The minimum atomic E-state index is -0.651. The minimum absolute atomic E-state index is 0.189. The molecule has 1 heterocycles. The van der Waals surface area contributed by atoms with E-state index in [2.05, 4.69) is 15.5 Å². The summed E-state index contributed by atoms with van der Waals surface area (Å²) in [4.78, 5) is 15.2. The minimum Gasteiger partial charge on any atom is -0.489 e. The zero-order valence-corrected chi connectivity index (χ0v) is 21.7. The van der Waals surface area contributed by atoms with Gasteiger partial charge in [-0.2, -0.15) is 0 Å². The molecule has 4 rings (SSSR count). The molecule has 0 radical (unpaired) electrons. The molecule has 38 heavy (non-hydrogen) atoms. The third kappa shape index (κ3) is 7.46. The summed E-state index contributed by atoms with van der Waals surface area (Å²) in [7, 11) is 0. The number of halogens is 1. The number of aliphatic hydroxyl groups is 1. The molecule has 3 aromatic carbocycles. The van der Waals surface area contributed by atoms with E-state index in [0.29, 0.717) is 25.4 Å². The van der Waals surface area contributed by atoms with Crippen LogP contribution in [0.4, 0.5) is 15.8 Å². The highest BCUT2D eigenvalue weighted by Gasteiger charge is 2.23. The molecule has 0 saturated heterocycles. The fourth-order valence-corrected chi connectivity index (χ4v) is 4.57. The van der Waals surface area contributed by atoms with Crippen molar-refractivity contribution >= 4 is 17.3 Å². The van der Waals surface area contributed by atoms with Crippen LogP contribution in [0, 0.1) is 5.82 Å². The van der Waals surface area contributed by atoms with Gasteiger partial charge in [-0.3, -0.25) is 4.79 Å². The number of carbonyl (C=O) groups is 1. The van der Waals surface area contributed by atoms with Gasteiger partial charge in [-0.15, -0.1) is 0 Å². The van der Waals surface area contributed by atoms with Crippen molar-refractivity contribution in [3.63, 3.8) is 0 Å². The summed E-state index contributed by atoms with van der Waals surface area (Å²) in [5, 5.41) is 16.1. The molecular weight excluding hydrogens is 485 g/mol. The second-order valence-corrected chi connectivity index (χ2v) is 9.23. The zero-order valence-electron chi connectivity index (χ0n) is 21.7. The molecule has 0 saturated carbocycles. The van der Waals surface area contributed by atoms with Gasteiger partial charge in [-0.05, 0) is 48.7 Å². The number of nitrogens with zero attached hydrogens (tertiary/aromatic N) is 1. The normalized spacial score (nSPS) is 14.2. The summed E-state index contributed by atoms with van der Waals surface area (Å²) in [6.45, 7) is 5.06. The van der Waals surface area contributed by atoms with Crippen molar-refractivity contribution in [1.82, 2.24) is 5.32 Å². The number of benzene rings is 3. The molecular formula is C30H36FN3O4. The molecule has 1 aliphatic heterocycles. The zero-order chi connectivity index (χ0) is 26.7. The lowest BCUT2D eigenvalue weighted by molar-refractivity contribution is -0.133. The lowest BCUT2D eigenvalue weighted by Gasteiger charge is -2.31. The lowest BCUT2D eigenvalue weighted by atomic mass is 10.0. The molecule has 3 N–H and O–H groups in total. The van der Waals surface area contributed by atoms with Gasteiger partial charge in [0.2, 0.25) is 5.91 Å². The summed E-state index contributed by atoms with van der Waals surface area (Å²) in [6, 6.07) is 21.6. The predicted octanol–water partition coefficient (Wildman–Crippen LogP) is 4.32. The van der Waals surface area contributed by atoms with E-state index in [1.807, 2.05) is 61.5 Å². The number of aliphatic hydroxyl groups excluding tert-OH is 1. The summed E-state index contributed by atoms with van der Waals surface area (Å²) in [5.41, 5.74) is 3.77. The second-order valence-electron chi connectivity index (χ2n) is 9.23. The van der Waals surface area contributed by atoms with Gasteiger partial charge in [0.25, 0.3) is 0 Å². The molecule has 1 amide bonds. The van der Waals surface area contributed by atoms with E-state index in [4.69, 9.17) is 9.47 Å². The first-order valence-corrected chi connectivity index (χ1v) is 13.1. The monoisotopic (exact) mass is 521 g/mol. The topological polar surface area (TPSA) is 83.1 Å². The highest BCUT2D eigenvalue weighted by molar-refractivity contribution is 5.81. The smallest absolute Gasteiger partial charge is 0.250 e. The summed E-state index contributed by atoms with van der Waals surface area (Å²) >= 11 is 0. The average Bonchev–Trinajstić information content (AvgIpc) is 2.94. The van der Waals surface area contributed by atoms with Crippen molar-refractivity contribution in [2.45, 2.75) is 31.9 Å². The van der Waals surface area contributed by atoms with Gasteiger partial charge in [0, 0.05) is 37.9 Å². The van der Waals surface area contributed by atoms with Crippen molar-refractivity contribution in [2.75, 3.05) is 49.7 Å². The third-order valence-electron chi connectivity index (χ3n) is 6.55.